The molecule has 0 aliphatic heterocycles. The maximum Gasteiger partial charge on any atom is 0.223 e. The van der Waals surface area contributed by atoms with E-state index in [9.17, 15) is 0 Å². The Kier molecular flexibility index (Phi) is 3.91. The van der Waals surface area contributed by atoms with E-state index in [4.69, 9.17) is 22.4 Å². The molecule has 0 aliphatic rings. The van der Waals surface area contributed by atoms with Crippen molar-refractivity contribution in [2.45, 2.75) is 19.4 Å². The van der Waals surface area contributed by atoms with Gasteiger partial charge in [-0.3, -0.25) is 0 Å². The molecule has 5 nitrogen and oxygen atoms in total. The molecule has 1 aromatic heterocycles. The van der Waals surface area contributed by atoms with Gasteiger partial charge < -0.3 is 16.2 Å². The molecule has 0 radical (unpaired) electrons. The lowest BCUT2D eigenvalue weighted by Crippen LogP contribution is -2.23. The second-order valence-electron chi connectivity index (χ2n) is 2.87. The fraction of sp³-hybridized carbons (Fsp3) is 0.500. The molecule has 1 unspecified atom stereocenters. The molecule has 1 atom stereocenters. The van der Waals surface area contributed by atoms with Gasteiger partial charge in [0, 0.05) is 6.07 Å². The lowest BCUT2D eigenvalue weighted by Gasteiger charge is -2.14. The van der Waals surface area contributed by atoms with E-state index in [0.29, 0.717) is 5.82 Å². The second kappa shape index (κ2) is 4.97. The molecule has 78 valence electrons. The average Bonchev–Trinajstić information content (AvgIpc) is 2.12. The molecule has 0 bridgehead atoms. The van der Waals surface area contributed by atoms with Crippen LogP contribution < -0.4 is 11.1 Å². The van der Waals surface area contributed by atoms with Gasteiger partial charge in [0.25, 0.3) is 0 Å². The molecule has 0 saturated carbocycles. The van der Waals surface area contributed by atoms with Crippen molar-refractivity contribution in [3.63, 3.8) is 0 Å². The number of rotatable bonds is 4. The van der Waals surface area contributed by atoms with Crippen molar-refractivity contribution in [2.75, 3.05) is 17.7 Å². The summed E-state index contributed by atoms with van der Waals surface area (Å²) in [6.07, 6.45) is 0.790. The van der Waals surface area contributed by atoms with Crippen molar-refractivity contribution in [1.29, 1.82) is 0 Å². The van der Waals surface area contributed by atoms with E-state index in [1.807, 2.05) is 6.92 Å². The van der Waals surface area contributed by atoms with Crippen LogP contribution in [-0.4, -0.2) is 27.7 Å². The maximum atomic E-state index is 8.96. The van der Waals surface area contributed by atoms with Crippen LogP contribution in [0.5, 0.6) is 0 Å². The quantitative estimate of drug-likeness (QED) is 0.652. The smallest absolute Gasteiger partial charge is 0.223 e. The largest absolute Gasteiger partial charge is 0.394 e. The first-order chi connectivity index (χ1) is 6.65. The average molecular weight is 217 g/mol. The standard InChI is InChI=1S/C8H13ClN4O/c1-2-5(4-14)11-7-3-6(9)12-8(10)13-7/h3,5,14H,2,4H2,1H3,(H3,10,11,12,13). The van der Waals surface area contributed by atoms with Gasteiger partial charge in [-0.1, -0.05) is 18.5 Å². The summed E-state index contributed by atoms with van der Waals surface area (Å²) in [6, 6.07) is 1.52. The molecule has 14 heavy (non-hydrogen) atoms. The van der Waals surface area contributed by atoms with Crippen LogP contribution in [0.15, 0.2) is 6.07 Å². The van der Waals surface area contributed by atoms with E-state index in [1.54, 1.807) is 6.07 Å². The zero-order chi connectivity index (χ0) is 10.6. The van der Waals surface area contributed by atoms with Gasteiger partial charge in [-0.15, -0.1) is 0 Å². The molecule has 1 aromatic rings. The summed E-state index contributed by atoms with van der Waals surface area (Å²) < 4.78 is 0. The van der Waals surface area contributed by atoms with Crippen LogP contribution in [-0.2, 0) is 0 Å². The summed E-state index contributed by atoms with van der Waals surface area (Å²) in [5, 5.41) is 12.2. The number of halogens is 1. The first-order valence-corrected chi connectivity index (χ1v) is 4.71. The number of nitrogens with two attached hydrogens (primary N) is 1. The van der Waals surface area contributed by atoms with Crippen LogP contribution in [0.25, 0.3) is 0 Å². The van der Waals surface area contributed by atoms with Crippen LogP contribution in [0.4, 0.5) is 11.8 Å². The molecule has 1 heterocycles. The minimum atomic E-state index is -0.0413. The highest BCUT2D eigenvalue weighted by Crippen LogP contribution is 2.13. The summed E-state index contributed by atoms with van der Waals surface area (Å²) >= 11 is 5.69. The summed E-state index contributed by atoms with van der Waals surface area (Å²) in [5.74, 6) is 0.649. The number of hydrogen-bond acceptors (Lipinski definition) is 5. The number of hydrogen-bond donors (Lipinski definition) is 3. The maximum absolute atomic E-state index is 8.96. The number of anilines is 2. The minimum Gasteiger partial charge on any atom is -0.394 e. The monoisotopic (exact) mass is 216 g/mol. The van der Waals surface area contributed by atoms with Crippen LogP contribution >= 0.6 is 11.6 Å². The fourth-order valence-electron chi connectivity index (χ4n) is 0.995. The molecular weight excluding hydrogens is 204 g/mol. The van der Waals surface area contributed by atoms with Gasteiger partial charge in [0.15, 0.2) is 0 Å². The van der Waals surface area contributed by atoms with Gasteiger partial charge in [0.1, 0.15) is 11.0 Å². The van der Waals surface area contributed by atoms with Gasteiger partial charge in [0.05, 0.1) is 12.6 Å². The number of aromatic nitrogens is 2. The predicted molar refractivity (Wildman–Crippen MR) is 56.2 cm³/mol. The third-order valence-electron chi connectivity index (χ3n) is 1.78. The Morgan fingerprint density at radius 1 is 1.64 bits per heavy atom. The third-order valence-corrected chi connectivity index (χ3v) is 1.97. The molecule has 0 aromatic carbocycles. The highest BCUT2D eigenvalue weighted by molar-refractivity contribution is 6.29. The van der Waals surface area contributed by atoms with Crippen molar-refractivity contribution in [3.8, 4) is 0 Å². The van der Waals surface area contributed by atoms with Crippen LogP contribution in [0, 0.1) is 0 Å². The van der Waals surface area contributed by atoms with Crippen molar-refractivity contribution in [2.24, 2.45) is 0 Å². The summed E-state index contributed by atoms with van der Waals surface area (Å²) in [4.78, 5) is 7.65. The van der Waals surface area contributed by atoms with Crippen molar-refractivity contribution in [3.05, 3.63) is 11.2 Å². The molecule has 6 heteroatoms. The van der Waals surface area contributed by atoms with Crippen LogP contribution in [0.3, 0.4) is 0 Å². The van der Waals surface area contributed by atoms with Gasteiger partial charge in [-0.05, 0) is 6.42 Å². The molecule has 0 spiro atoms. The lowest BCUT2D eigenvalue weighted by molar-refractivity contribution is 0.271. The van der Waals surface area contributed by atoms with Gasteiger partial charge in [-0.25, -0.2) is 4.98 Å². The van der Waals surface area contributed by atoms with E-state index >= 15 is 0 Å². The fourth-order valence-corrected chi connectivity index (χ4v) is 1.19. The van der Waals surface area contributed by atoms with E-state index in [1.165, 1.54) is 0 Å². The number of aliphatic hydroxyl groups excluding tert-OH is 1. The summed E-state index contributed by atoms with van der Waals surface area (Å²) in [7, 11) is 0. The van der Waals surface area contributed by atoms with Gasteiger partial charge in [-0.2, -0.15) is 4.98 Å². The molecule has 1 rings (SSSR count). The van der Waals surface area contributed by atoms with Crippen molar-refractivity contribution in [1.82, 2.24) is 9.97 Å². The van der Waals surface area contributed by atoms with Crippen molar-refractivity contribution < 1.29 is 5.11 Å². The third kappa shape index (κ3) is 3.01. The van der Waals surface area contributed by atoms with Crippen LogP contribution in [0.2, 0.25) is 5.15 Å². The first-order valence-electron chi connectivity index (χ1n) is 4.33. The summed E-state index contributed by atoms with van der Waals surface area (Å²) in [6.45, 7) is 2.00. The number of nitrogens with zero attached hydrogens (tertiary/aromatic N) is 2. The Bertz CT molecular complexity index is 283. The van der Waals surface area contributed by atoms with Gasteiger partial charge >= 0.3 is 0 Å². The Morgan fingerprint density at radius 2 is 2.36 bits per heavy atom. The molecule has 4 N–H and O–H groups in total. The Morgan fingerprint density at radius 3 is 2.86 bits per heavy atom. The zero-order valence-electron chi connectivity index (χ0n) is 7.87. The molecule has 0 saturated heterocycles. The van der Waals surface area contributed by atoms with E-state index in [-0.39, 0.29) is 23.8 Å². The number of nitrogen functional groups attached to an aromatic ring is 1. The number of aliphatic hydroxyl groups is 1. The van der Waals surface area contributed by atoms with Crippen LogP contribution in [0.1, 0.15) is 13.3 Å². The molecule has 0 fully saturated rings. The highest BCUT2D eigenvalue weighted by Gasteiger charge is 2.06. The second-order valence-corrected chi connectivity index (χ2v) is 3.25. The van der Waals surface area contributed by atoms with Gasteiger partial charge in [0.2, 0.25) is 5.95 Å². The zero-order valence-corrected chi connectivity index (χ0v) is 8.62. The first kappa shape index (κ1) is 11.0. The Balaban J connectivity index is 2.75. The molecule has 0 aliphatic carbocycles. The van der Waals surface area contributed by atoms with E-state index in [2.05, 4.69) is 15.3 Å². The van der Waals surface area contributed by atoms with E-state index < -0.39 is 0 Å². The van der Waals surface area contributed by atoms with Crippen molar-refractivity contribution >= 4 is 23.4 Å². The topological polar surface area (TPSA) is 84.1 Å². The normalized spacial score (nSPS) is 12.5. The SMILES string of the molecule is CCC(CO)Nc1cc(Cl)nc(N)n1. The molecular formula is C8H13ClN4O. The summed E-state index contributed by atoms with van der Waals surface area (Å²) in [5.41, 5.74) is 5.41. The Labute approximate surface area is 87.3 Å². The van der Waals surface area contributed by atoms with E-state index in [0.717, 1.165) is 6.42 Å². The molecule has 0 amide bonds. The lowest BCUT2D eigenvalue weighted by atomic mass is 10.2. The number of nitrogens with one attached hydrogen (secondary N) is 1. The highest BCUT2D eigenvalue weighted by atomic mass is 35.5. The minimum absolute atomic E-state index is 0.0397. The predicted octanol–water partition coefficient (Wildman–Crippen LogP) is 0.895. The Hall–Kier alpha value is -1.07.